The Morgan fingerprint density at radius 2 is 2.17 bits per heavy atom. The van der Waals surface area contributed by atoms with Gasteiger partial charge in [0.05, 0.1) is 30.1 Å². The standard InChI is InChI=1S/C18H16FN3O2/c1-10-3-4-11-5-14(9-24-2)22(18(11)20-10)13-6-12-7-16(23)21-17(12)15(19)8-13/h3-6,8H,7,9H2,1-2H3,(H,21,23). The Balaban J connectivity index is 1.97. The maximum Gasteiger partial charge on any atom is 0.228 e. The normalized spacial score (nSPS) is 13.4. The van der Waals surface area contributed by atoms with Crippen molar-refractivity contribution in [3.63, 3.8) is 0 Å². The van der Waals surface area contributed by atoms with Crippen LogP contribution < -0.4 is 5.32 Å². The van der Waals surface area contributed by atoms with Crippen molar-refractivity contribution in [2.45, 2.75) is 20.0 Å². The number of carbonyl (C=O) groups excluding carboxylic acids is 1. The number of hydrogen-bond donors (Lipinski definition) is 1. The van der Waals surface area contributed by atoms with Gasteiger partial charge in [-0.15, -0.1) is 0 Å². The average Bonchev–Trinajstić information content (AvgIpc) is 3.07. The predicted octanol–water partition coefficient (Wildman–Crippen LogP) is 3.11. The van der Waals surface area contributed by atoms with E-state index in [9.17, 15) is 9.18 Å². The Labute approximate surface area is 138 Å². The number of anilines is 1. The van der Waals surface area contributed by atoms with Crippen molar-refractivity contribution in [2.75, 3.05) is 12.4 Å². The van der Waals surface area contributed by atoms with E-state index >= 15 is 0 Å². The fourth-order valence-electron chi connectivity index (χ4n) is 3.18. The van der Waals surface area contributed by atoms with Crippen LogP contribution in [0.1, 0.15) is 17.0 Å². The molecule has 0 unspecified atom stereocenters. The van der Waals surface area contributed by atoms with Crippen molar-refractivity contribution < 1.29 is 13.9 Å². The fraction of sp³-hybridized carbons (Fsp3) is 0.222. The molecule has 0 fully saturated rings. The zero-order valence-corrected chi connectivity index (χ0v) is 13.4. The van der Waals surface area contributed by atoms with Crippen LogP contribution in [0, 0.1) is 12.7 Å². The quantitative estimate of drug-likeness (QED) is 0.805. The van der Waals surface area contributed by atoms with Crippen LogP contribution in [0.15, 0.2) is 30.3 Å². The summed E-state index contributed by atoms with van der Waals surface area (Å²) in [6.07, 6.45) is 0.186. The Morgan fingerprint density at radius 1 is 1.33 bits per heavy atom. The van der Waals surface area contributed by atoms with Gasteiger partial charge in [-0.3, -0.25) is 9.36 Å². The van der Waals surface area contributed by atoms with Gasteiger partial charge in [-0.05, 0) is 36.8 Å². The Bertz CT molecular complexity index is 978. The molecule has 0 aliphatic carbocycles. The molecule has 3 heterocycles. The van der Waals surface area contributed by atoms with Crippen LogP contribution in [0.5, 0.6) is 0 Å². The molecule has 1 aliphatic rings. The van der Waals surface area contributed by atoms with E-state index in [1.54, 1.807) is 7.11 Å². The lowest BCUT2D eigenvalue weighted by molar-refractivity contribution is -0.115. The van der Waals surface area contributed by atoms with Gasteiger partial charge in [0.15, 0.2) is 0 Å². The lowest BCUT2D eigenvalue weighted by atomic mass is 10.1. The number of benzene rings is 1. The van der Waals surface area contributed by atoms with E-state index in [0.717, 1.165) is 22.4 Å². The zero-order valence-electron chi connectivity index (χ0n) is 13.4. The molecular weight excluding hydrogens is 309 g/mol. The number of nitrogens with one attached hydrogen (secondary N) is 1. The number of pyridine rings is 1. The minimum atomic E-state index is -0.439. The first-order valence-corrected chi connectivity index (χ1v) is 7.66. The van der Waals surface area contributed by atoms with Crippen molar-refractivity contribution in [1.82, 2.24) is 9.55 Å². The fourth-order valence-corrected chi connectivity index (χ4v) is 3.18. The highest BCUT2D eigenvalue weighted by Gasteiger charge is 2.23. The average molecular weight is 325 g/mol. The summed E-state index contributed by atoms with van der Waals surface area (Å²) in [5, 5.41) is 3.52. The third-order valence-electron chi connectivity index (χ3n) is 4.19. The van der Waals surface area contributed by atoms with Gasteiger partial charge in [-0.1, -0.05) is 0 Å². The number of nitrogens with zero attached hydrogens (tertiary/aromatic N) is 2. The third kappa shape index (κ3) is 2.27. The smallest absolute Gasteiger partial charge is 0.228 e. The van der Waals surface area contributed by atoms with E-state index in [-0.39, 0.29) is 18.0 Å². The van der Waals surface area contributed by atoms with Gasteiger partial charge < -0.3 is 10.1 Å². The van der Waals surface area contributed by atoms with Gasteiger partial charge in [0.25, 0.3) is 0 Å². The first-order valence-electron chi connectivity index (χ1n) is 7.66. The number of methoxy groups -OCH3 is 1. The number of aromatic nitrogens is 2. The summed E-state index contributed by atoms with van der Waals surface area (Å²) < 4.78 is 21.6. The number of rotatable bonds is 3. The first-order chi connectivity index (χ1) is 11.6. The summed E-state index contributed by atoms with van der Waals surface area (Å²) in [6, 6.07) is 9.17. The van der Waals surface area contributed by atoms with Gasteiger partial charge in [-0.25, -0.2) is 9.37 Å². The minimum absolute atomic E-state index is 0.186. The number of amides is 1. The maximum atomic E-state index is 14.4. The van der Waals surface area contributed by atoms with Gasteiger partial charge in [0, 0.05) is 24.3 Å². The van der Waals surface area contributed by atoms with Crippen LogP contribution >= 0.6 is 0 Å². The molecule has 3 aromatic rings. The highest BCUT2D eigenvalue weighted by atomic mass is 19.1. The summed E-state index contributed by atoms with van der Waals surface area (Å²) in [5.41, 5.74) is 4.08. The monoisotopic (exact) mass is 325 g/mol. The lowest BCUT2D eigenvalue weighted by Gasteiger charge is -2.12. The van der Waals surface area contributed by atoms with Crippen LogP contribution in [0.25, 0.3) is 16.7 Å². The van der Waals surface area contributed by atoms with Crippen molar-refractivity contribution in [2.24, 2.45) is 0 Å². The molecule has 1 aliphatic heterocycles. The summed E-state index contributed by atoms with van der Waals surface area (Å²) in [4.78, 5) is 16.2. The number of ether oxygens (including phenoxy) is 1. The maximum absolute atomic E-state index is 14.4. The molecule has 2 aromatic heterocycles. The highest BCUT2D eigenvalue weighted by molar-refractivity contribution is 5.99. The lowest BCUT2D eigenvalue weighted by Crippen LogP contribution is -2.05. The molecule has 4 rings (SSSR count). The van der Waals surface area contributed by atoms with Gasteiger partial charge in [0.2, 0.25) is 5.91 Å². The number of hydrogen-bond acceptors (Lipinski definition) is 3. The molecule has 122 valence electrons. The topological polar surface area (TPSA) is 56.2 Å². The van der Waals surface area contributed by atoms with Crippen LogP contribution in [0.4, 0.5) is 10.1 Å². The van der Waals surface area contributed by atoms with E-state index in [1.807, 2.05) is 35.8 Å². The number of aryl methyl sites for hydroxylation is 1. The molecule has 0 atom stereocenters. The molecular formula is C18H16FN3O2. The molecule has 0 radical (unpaired) electrons. The number of halogens is 1. The minimum Gasteiger partial charge on any atom is -0.378 e. The van der Waals surface area contributed by atoms with Crippen LogP contribution in [-0.2, 0) is 22.6 Å². The second-order valence-electron chi connectivity index (χ2n) is 5.96. The summed E-state index contributed by atoms with van der Waals surface area (Å²) in [5.74, 6) is -0.629. The molecule has 1 aromatic carbocycles. The molecule has 5 nitrogen and oxygen atoms in total. The molecule has 0 saturated carbocycles. The van der Waals surface area contributed by atoms with E-state index in [0.29, 0.717) is 17.9 Å². The van der Waals surface area contributed by atoms with Crippen molar-refractivity contribution in [1.29, 1.82) is 0 Å². The van der Waals surface area contributed by atoms with Crippen LogP contribution in [-0.4, -0.2) is 22.6 Å². The van der Waals surface area contributed by atoms with Crippen LogP contribution in [0.3, 0.4) is 0 Å². The molecule has 1 N–H and O–H groups in total. The zero-order chi connectivity index (χ0) is 16.8. The molecule has 24 heavy (non-hydrogen) atoms. The summed E-state index contributed by atoms with van der Waals surface area (Å²) >= 11 is 0. The summed E-state index contributed by atoms with van der Waals surface area (Å²) in [7, 11) is 1.62. The molecule has 0 spiro atoms. The van der Waals surface area contributed by atoms with Gasteiger partial charge >= 0.3 is 0 Å². The second-order valence-corrected chi connectivity index (χ2v) is 5.96. The predicted molar refractivity (Wildman–Crippen MR) is 88.8 cm³/mol. The Kier molecular flexibility index (Phi) is 3.35. The van der Waals surface area contributed by atoms with Crippen LogP contribution in [0.2, 0.25) is 0 Å². The number of fused-ring (bicyclic) bond motifs is 2. The second kappa shape index (κ2) is 5.42. The Morgan fingerprint density at radius 3 is 2.96 bits per heavy atom. The van der Waals surface area contributed by atoms with Gasteiger partial charge in [0.1, 0.15) is 11.5 Å². The van der Waals surface area contributed by atoms with E-state index in [4.69, 9.17) is 4.74 Å². The number of carbonyl (C=O) groups is 1. The largest absolute Gasteiger partial charge is 0.378 e. The summed E-state index contributed by atoms with van der Waals surface area (Å²) in [6.45, 7) is 2.30. The highest BCUT2D eigenvalue weighted by Crippen LogP contribution is 2.32. The molecule has 1 amide bonds. The van der Waals surface area contributed by atoms with E-state index in [2.05, 4.69) is 10.3 Å². The molecule has 0 bridgehead atoms. The molecule has 0 saturated heterocycles. The Hall–Kier alpha value is -2.73. The SMILES string of the molecule is COCc1cc2ccc(C)nc2n1-c1cc(F)c2c(c1)CC(=O)N2. The third-order valence-corrected chi connectivity index (χ3v) is 4.19. The molecule has 6 heteroatoms. The van der Waals surface area contributed by atoms with Crippen molar-refractivity contribution >= 4 is 22.6 Å². The van der Waals surface area contributed by atoms with E-state index < -0.39 is 5.82 Å². The van der Waals surface area contributed by atoms with Crippen molar-refractivity contribution in [3.8, 4) is 5.69 Å². The van der Waals surface area contributed by atoms with Gasteiger partial charge in [-0.2, -0.15) is 0 Å². The first kappa shape index (κ1) is 14.8. The van der Waals surface area contributed by atoms with Crippen molar-refractivity contribution in [3.05, 3.63) is 53.1 Å². The van der Waals surface area contributed by atoms with E-state index in [1.165, 1.54) is 6.07 Å².